The highest BCUT2D eigenvalue weighted by molar-refractivity contribution is 6.30. The number of piperidine rings is 1. The molecule has 1 atom stereocenters. The van der Waals surface area contributed by atoms with E-state index in [4.69, 9.17) is 16.3 Å². The highest BCUT2D eigenvalue weighted by Gasteiger charge is 2.55. The van der Waals surface area contributed by atoms with E-state index >= 15 is 0 Å². The molecule has 2 fully saturated rings. The summed E-state index contributed by atoms with van der Waals surface area (Å²) >= 11 is 6.06. The fourth-order valence-corrected chi connectivity index (χ4v) is 5.52. The molecule has 0 bridgehead atoms. The lowest BCUT2D eigenvalue weighted by atomic mass is 9.88. The number of halogens is 4. The summed E-state index contributed by atoms with van der Waals surface area (Å²) in [6.07, 6.45) is -1.66. The number of likely N-dealkylation sites (tertiary alicyclic amines) is 1. The minimum atomic E-state index is -4.49. The average Bonchev–Trinajstić information content (AvgIpc) is 3.75. The van der Waals surface area contributed by atoms with Crippen LogP contribution < -0.4 is 10.1 Å². The smallest absolute Gasteiger partial charge is 0.416 e. The van der Waals surface area contributed by atoms with Crippen LogP contribution in [0.1, 0.15) is 42.4 Å². The lowest BCUT2D eigenvalue weighted by molar-refractivity contribution is -0.149. The van der Waals surface area contributed by atoms with Crippen molar-refractivity contribution in [1.29, 1.82) is 0 Å². The normalized spacial score (nSPS) is 20.1. The molecular weight excluding hydrogens is 541 g/mol. The van der Waals surface area contributed by atoms with E-state index in [1.807, 2.05) is 42.5 Å². The number of hydrogen-bond donors (Lipinski definition) is 1. The van der Waals surface area contributed by atoms with Gasteiger partial charge < -0.3 is 15.0 Å². The van der Waals surface area contributed by atoms with Gasteiger partial charge in [0, 0.05) is 18.1 Å². The molecule has 0 spiro atoms. The van der Waals surface area contributed by atoms with E-state index in [1.54, 1.807) is 17.0 Å². The first-order valence-electron chi connectivity index (χ1n) is 13.4. The zero-order chi connectivity index (χ0) is 28.4. The molecule has 5 nitrogen and oxygen atoms in total. The van der Waals surface area contributed by atoms with Crippen molar-refractivity contribution in [1.82, 2.24) is 10.2 Å². The van der Waals surface area contributed by atoms with Gasteiger partial charge in [-0.05, 0) is 79.6 Å². The molecule has 3 aromatic rings. The fraction of sp³-hybridized carbons (Fsp3) is 0.355. The van der Waals surface area contributed by atoms with E-state index in [-0.39, 0.29) is 18.2 Å². The Hall–Kier alpha value is -3.52. The van der Waals surface area contributed by atoms with E-state index in [1.165, 1.54) is 12.1 Å². The number of nitrogens with zero attached hydrogens (tertiary/aromatic N) is 1. The number of benzene rings is 3. The molecular formula is C31H30ClF3N2O3. The Kier molecular flexibility index (Phi) is 7.82. The largest absolute Gasteiger partial charge is 0.476 e. The van der Waals surface area contributed by atoms with Gasteiger partial charge in [-0.3, -0.25) is 9.59 Å². The van der Waals surface area contributed by atoms with Crippen LogP contribution in [0.5, 0.6) is 5.75 Å². The number of alkyl halides is 3. The first kappa shape index (κ1) is 28.0. The van der Waals surface area contributed by atoms with Crippen molar-refractivity contribution < 1.29 is 27.5 Å². The molecule has 1 unspecified atom stereocenters. The van der Waals surface area contributed by atoms with Gasteiger partial charge in [0.15, 0.2) is 0 Å². The third-order valence-corrected chi connectivity index (χ3v) is 8.00. The summed E-state index contributed by atoms with van der Waals surface area (Å²) < 4.78 is 45.6. The number of amides is 2. The van der Waals surface area contributed by atoms with Crippen molar-refractivity contribution >= 4 is 23.4 Å². The lowest BCUT2D eigenvalue weighted by Crippen LogP contribution is -2.62. The minimum absolute atomic E-state index is 0.000629. The van der Waals surface area contributed by atoms with Crippen molar-refractivity contribution in [3.8, 4) is 5.75 Å². The number of carbonyl (C=O) groups excluding carboxylic acids is 2. The number of ether oxygens (including phenoxy) is 1. The lowest BCUT2D eigenvalue weighted by Gasteiger charge is -2.42. The van der Waals surface area contributed by atoms with Crippen molar-refractivity contribution in [3.05, 3.63) is 101 Å². The predicted molar refractivity (Wildman–Crippen MR) is 146 cm³/mol. The van der Waals surface area contributed by atoms with Crippen molar-refractivity contribution in [2.45, 2.75) is 49.3 Å². The topological polar surface area (TPSA) is 58.6 Å². The van der Waals surface area contributed by atoms with E-state index in [2.05, 4.69) is 5.32 Å². The van der Waals surface area contributed by atoms with Gasteiger partial charge in [-0.25, -0.2) is 0 Å². The monoisotopic (exact) mass is 570 g/mol. The molecule has 40 heavy (non-hydrogen) atoms. The van der Waals surface area contributed by atoms with Gasteiger partial charge >= 0.3 is 6.18 Å². The molecule has 1 aliphatic heterocycles. The Morgan fingerprint density at radius 2 is 1.60 bits per heavy atom. The van der Waals surface area contributed by atoms with Gasteiger partial charge in [-0.2, -0.15) is 13.2 Å². The Morgan fingerprint density at radius 3 is 2.23 bits per heavy atom. The molecule has 5 rings (SSSR count). The van der Waals surface area contributed by atoms with Crippen LogP contribution in [0.2, 0.25) is 5.02 Å². The van der Waals surface area contributed by atoms with Crippen LogP contribution in [0.3, 0.4) is 0 Å². The van der Waals surface area contributed by atoms with Gasteiger partial charge in [-0.15, -0.1) is 0 Å². The second-order valence-corrected chi connectivity index (χ2v) is 11.0. The Labute approximate surface area is 236 Å². The van der Waals surface area contributed by atoms with Crippen LogP contribution >= 0.6 is 11.6 Å². The summed E-state index contributed by atoms with van der Waals surface area (Å²) in [6.45, 7) is 0.812. The maximum Gasteiger partial charge on any atom is 0.416 e. The van der Waals surface area contributed by atoms with Crippen molar-refractivity contribution in [2.75, 3.05) is 19.6 Å². The number of nitrogens with one attached hydrogen (secondary N) is 1. The molecule has 0 aromatic heterocycles. The second-order valence-electron chi connectivity index (χ2n) is 10.5. The average molecular weight is 571 g/mol. The molecule has 1 heterocycles. The maximum atomic E-state index is 13.9. The van der Waals surface area contributed by atoms with Crippen LogP contribution in [-0.2, 0) is 27.6 Å². The van der Waals surface area contributed by atoms with Crippen LogP contribution in [0, 0.1) is 0 Å². The summed E-state index contributed by atoms with van der Waals surface area (Å²) in [5.41, 5.74) is -0.972. The van der Waals surface area contributed by atoms with Gasteiger partial charge in [-0.1, -0.05) is 54.1 Å². The summed E-state index contributed by atoms with van der Waals surface area (Å²) in [7, 11) is 0. The number of hydrogen-bond acceptors (Lipinski definition) is 3. The molecule has 1 saturated heterocycles. The first-order valence-corrected chi connectivity index (χ1v) is 13.7. The summed E-state index contributed by atoms with van der Waals surface area (Å²) in [5, 5.41) is 3.54. The molecule has 1 saturated carbocycles. The number of rotatable bonds is 8. The molecule has 3 aromatic carbocycles. The molecule has 1 aliphatic carbocycles. The van der Waals surface area contributed by atoms with Crippen LogP contribution in [0.4, 0.5) is 13.2 Å². The van der Waals surface area contributed by atoms with Crippen LogP contribution in [-0.4, -0.2) is 41.9 Å². The predicted octanol–water partition coefficient (Wildman–Crippen LogP) is 6.19. The molecule has 9 heteroatoms. The van der Waals surface area contributed by atoms with Crippen molar-refractivity contribution in [3.63, 3.8) is 0 Å². The van der Waals surface area contributed by atoms with Gasteiger partial charge in [0.2, 0.25) is 11.5 Å². The molecule has 1 N–H and O–H groups in total. The Morgan fingerprint density at radius 1 is 0.925 bits per heavy atom. The maximum absolute atomic E-state index is 13.9. The zero-order valence-electron chi connectivity index (χ0n) is 21.8. The Bertz CT molecular complexity index is 1340. The first-order chi connectivity index (χ1) is 19.1. The van der Waals surface area contributed by atoms with Gasteiger partial charge in [0.05, 0.1) is 17.5 Å². The highest BCUT2D eigenvalue weighted by atomic mass is 35.5. The summed E-state index contributed by atoms with van der Waals surface area (Å²) in [6, 6.07) is 21.2. The SMILES string of the molecule is O=C(NCCc1ccccc1)C1(Oc2ccc(C(F)(F)F)cc2)CCCN(C(=O)C2(c3ccc(Cl)cc3)CC2)C1. The molecule has 210 valence electrons. The second kappa shape index (κ2) is 11.2. The summed E-state index contributed by atoms with van der Waals surface area (Å²) in [4.78, 5) is 29.3. The van der Waals surface area contributed by atoms with Crippen LogP contribution in [0.25, 0.3) is 0 Å². The highest BCUT2D eigenvalue weighted by Crippen LogP contribution is 2.50. The van der Waals surface area contributed by atoms with E-state index < -0.39 is 28.7 Å². The Balaban J connectivity index is 1.37. The van der Waals surface area contributed by atoms with Gasteiger partial charge in [0.1, 0.15) is 5.75 Å². The van der Waals surface area contributed by atoms with E-state index in [0.29, 0.717) is 50.2 Å². The molecule has 0 radical (unpaired) electrons. The minimum Gasteiger partial charge on any atom is -0.476 e. The van der Waals surface area contributed by atoms with Crippen LogP contribution in [0.15, 0.2) is 78.9 Å². The van der Waals surface area contributed by atoms with Gasteiger partial charge in [0.25, 0.3) is 5.91 Å². The van der Waals surface area contributed by atoms with E-state index in [9.17, 15) is 22.8 Å². The van der Waals surface area contributed by atoms with Crippen molar-refractivity contribution in [2.24, 2.45) is 0 Å². The standard InChI is InChI=1S/C31H30ClF3N2O3/c32-25-11-7-23(8-12-25)29(17-18-29)28(39)37-20-4-16-30(21-37,27(38)36-19-15-22-5-2-1-3-6-22)40-26-13-9-24(10-14-26)31(33,34)35/h1-3,5-14H,4,15-21H2,(H,36,38). The van der Waals surface area contributed by atoms with E-state index in [0.717, 1.165) is 23.3 Å². The summed E-state index contributed by atoms with van der Waals surface area (Å²) in [5.74, 6) is -0.330. The quantitative estimate of drug-likeness (QED) is 0.351. The third kappa shape index (κ3) is 5.97. The fourth-order valence-electron chi connectivity index (χ4n) is 5.40. The molecule has 2 aliphatic rings. The molecule has 2 amide bonds. The zero-order valence-corrected chi connectivity index (χ0v) is 22.6. The third-order valence-electron chi connectivity index (χ3n) is 7.75. The number of carbonyl (C=O) groups is 2.